The predicted molar refractivity (Wildman–Crippen MR) is 76.4 cm³/mol. The fourth-order valence-corrected chi connectivity index (χ4v) is 2.33. The molecule has 2 nitrogen and oxygen atoms in total. The maximum atomic E-state index is 3.67. The third-order valence-electron chi connectivity index (χ3n) is 4.23. The smallest absolute Gasteiger partial charge is 0.00967 e. The van der Waals surface area contributed by atoms with Crippen molar-refractivity contribution in [3.8, 4) is 0 Å². The molecule has 1 atom stereocenters. The van der Waals surface area contributed by atoms with E-state index >= 15 is 0 Å². The van der Waals surface area contributed by atoms with Gasteiger partial charge in [-0.25, -0.2) is 0 Å². The summed E-state index contributed by atoms with van der Waals surface area (Å²) in [6, 6.07) is 0.857. The van der Waals surface area contributed by atoms with Gasteiger partial charge in [-0.15, -0.1) is 0 Å². The van der Waals surface area contributed by atoms with Crippen LogP contribution >= 0.6 is 0 Å². The molecule has 0 saturated heterocycles. The van der Waals surface area contributed by atoms with E-state index in [2.05, 4.69) is 51.9 Å². The van der Waals surface area contributed by atoms with Crippen LogP contribution < -0.4 is 5.32 Å². The lowest BCUT2D eigenvalue weighted by Gasteiger charge is -2.41. The maximum absolute atomic E-state index is 3.67. The van der Waals surface area contributed by atoms with E-state index in [4.69, 9.17) is 0 Å². The van der Waals surface area contributed by atoms with Crippen LogP contribution in [0.15, 0.2) is 0 Å². The average Bonchev–Trinajstić information content (AvgIpc) is 2.11. The molecule has 1 aliphatic carbocycles. The quantitative estimate of drug-likeness (QED) is 0.766. The van der Waals surface area contributed by atoms with Gasteiger partial charge in [0.15, 0.2) is 0 Å². The van der Waals surface area contributed by atoms with E-state index in [9.17, 15) is 0 Å². The molecule has 0 aromatic heterocycles. The molecule has 17 heavy (non-hydrogen) atoms. The summed E-state index contributed by atoms with van der Waals surface area (Å²) in [6.07, 6.45) is 5.48. The molecule has 0 bridgehead atoms. The Kier molecular flexibility index (Phi) is 5.03. The fourth-order valence-electron chi connectivity index (χ4n) is 2.33. The highest BCUT2D eigenvalue weighted by Gasteiger charge is 2.30. The topological polar surface area (TPSA) is 15.3 Å². The molecule has 0 amide bonds. The van der Waals surface area contributed by atoms with Crippen molar-refractivity contribution in [1.29, 1.82) is 0 Å². The molecule has 1 rings (SSSR count). The van der Waals surface area contributed by atoms with Gasteiger partial charge in [0, 0.05) is 24.7 Å². The molecule has 0 heterocycles. The Labute approximate surface area is 108 Å². The van der Waals surface area contributed by atoms with Crippen molar-refractivity contribution in [2.45, 2.75) is 71.9 Å². The van der Waals surface area contributed by atoms with Gasteiger partial charge in [-0.2, -0.15) is 0 Å². The summed E-state index contributed by atoms with van der Waals surface area (Å²) in [7, 11) is 2.30. The van der Waals surface area contributed by atoms with Crippen LogP contribution in [0.4, 0.5) is 0 Å². The highest BCUT2D eigenvalue weighted by molar-refractivity contribution is 4.86. The molecule has 0 aromatic rings. The molecule has 0 radical (unpaired) electrons. The standard InChI is InChI=1S/C15H32N2/c1-7-15(5,11-16-14(2,3)4)12-17(6)13-9-8-10-13/h13,16H,7-12H2,1-6H3. The number of nitrogens with one attached hydrogen (secondary N) is 1. The number of nitrogens with zero attached hydrogens (tertiary/aromatic N) is 1. The monoisotopic (exact) mass is 240 g/mol. The molecule has 0 spiro atoms. The number of rotatable bonds is 6. The second-order valence-electron chi connectivity index (χ2n) is 7.27. The van der Waals surface area contributed by atoms with Gasteiger partial charge in [0.2, 0.25) is 0 Å². The number of hydrogen-bond donors (Lipinski definition) is 1. The van der Waals surface area contributed by atoms with Crippen LogP contribution in [0.5, 0.6) is 0 Å². The molecule has 1 aliphatic rings. The first kappa shape index (κ1) is 15.0. The Morgan fingerprint density at radius 2 is 1.76 bits per heavy atom. The van der Waals surface area contributed by atoms with Gasteiger partial charge in [-0.05, 0) is 52.5 Å². The summed E-state index contributed by atoms with van der Waals surface area (Å²) in [4.78, 5) is 2.58. The van der Waals surface area contributed by atoms with Crippen molar-refractivity contribution in [3.05, 3.63) is 0 Å². The minimum Gasteiger partial charge on any atom is -0.311 e. The van der Waals surface area contributed by atoms with Gasteiger partial charge < -0.3 is 10.2 Å². The van der Waals surface area contributed by atoms with Crippen LogP contribution in [0.3, 0.4) is 0 Å². The van der Waals surface area contributed by atoms with Crippen molar-refractivity contribution < 1.29 is 0 Å². The summed E-state index contributed by atoms with van der Waals surface area (Å²) in [5, 5.41) is 3.67. The molecule has 1 unspecified atom stereocenters. The fraction of sp³-hybridized carbons (Fsp3) is 1.00. The van der Waals surface area contributed by atoms with E-state index in [0.29, 0.717) is 5.41 Å². The Bertz CT molecular complexity index is 228. The van der Waals surface area contributed by atoms with Gasteiger partial charge in [-0.1, -0.05) is 20.3 Å². The van der Waals surface area contributed by atoms with Crippen LogP contribution in [0.25, 0.3) is 0 Å². The van der Waals surface area contributed by atoms with Crippen LogP contribution in [-0.2, 0) is 0 Å². The molecule has 1 N–H and O–H groups in total. The molecule has 102 valence electrons. The minimum absolute atomic E-state index is 0.228. The molecule has 1 saturated carbocycles. The van der Waals surface area contributed by atoms with E-state index in [1.807, 2.05) is 0 Å². The van der Waals surface area contributed by atoms with E-state index in [0.717, 1.165) is 12.6 Å². The zero-order chi connectivity index (χ0) is 13.1. The van der Waals surface area contributed by atoms with Crippen LogP contribution in [0.2, 0.25) is 0 Å². The lowest BCUT2D eigenvalue weighted by molar-refractivity contribution is 0.0938. The first-order valence-electron chi connectivity index (χ1n) is 7.21. The summed E-state index contributed by atoms with van der Waals surface area (Å²) in [6.45, 7) is 13.8. The van der Waals surface area contributed by atoms with E-state index in [1.54, 1.807) is 0 Å². The zero-order valence-electron chi connectivity index (χ0n) is 12.8. The highest BCUT2D eigenvalue weighted by atomic mass is 15.1. The molecular weight excluding hydrogens is 208 g/mol. The van der Waals surface area contributed by atoms with Gasteiger partial charge in [0.1, 0.15) is 0 Å². The number of hydrogen-bond acceptors (Lipinski definition) is 2. The lowest BCUT2D eigenvalue weighted by atomic mass is 9.83. The molecular formula is C15H32N2. The normalized spacial score (nSPS) is 21.4. The van der Waals surface area contributed by atoms with Gasteiger partial charge >= 0.3 is 0 Å². The van der Waals surface area contributed by atoms with Crippen LogP contribution in [0, 0.1) is 5.41 Å². The van der Waals surface area contributed by atoms with Crippen molar-refractivity contribution >= 4 is 0 Å². The Hall–Kier alpha value is -0.0800. The van der Waals surface area contributed by atoms with Crippen molar-refractivity contribution in [2.75, 3.05) is 20.1 Å². The Balaban J connectivity index is 2.43. The Morgan fingerprint density at radius 1 is 1.18 bits per heavy atom. The van der Waals surface area contributed by atoms with Crippen molar-refractivity contribution in [2.24, 2.45) is 5.41 Å². The Morgan fingerprint density at radius 3 is 2.12 bits per heavy atom. The van der Waals surface area contributed by atoms with Gasteiger partial charge in [0.25, 0.3) is 0 Å². The molecule has 0 aromatic carbocycles. The summed E-state index contributed by atoms with van der Waals surface area (Å²) in [5.41, 5.74) is 0.628. The SMILES string of the molecule is CCC(C)(CNC(C)(C)C)CN(C)C1CCC1. The third-order valence-corrected chi connectivity index (χ3v) is 4.23. The maximum Gasteiger partial charge on any atom is 0.00967 e. The van der Waals surface area contributed by atoms with Crippen molar-refractivity contribution in [3.63, 3.8) is 0 Å². The molecule has 2 heteroatoms. The highest BCUT2D eigenvalue weighted by Crippen LogP contribution is 2.29. The van der Waals surface area contributed by atoms with Crippen LogP contribution in [0.1, 0.15) is 60.3 Å². The van der Waals surface area contributed by atoms with Gasteiger partial charge in [-0.3, -0.25) is 0 Å². The van der Waals surface area contributed by atoms with Crippen LogP contribution in [-0.4, -0.2) is 36.6 Å². The average molecular weight is 240 g/mol. The van der Waals surface area contributed by atoms with E-state index in [-0.39, 0.29) is 5.54 Å². The summed E-state index contributed by atoms with van der Waals surface area (Å²) in [5.74, 6) is 0. The zero-order valence-corrected chi connectivity index (χ0v) is 12.8. The molecule has 0 aliphatic heterocycles. The summed E-state index contributed by atoms with van der Waals surface area (Å²) < 4.78 is 0. The van der Waals surface area contributed by atoms with E-state index in [1.165, 1.54) is 32.2 Å². The summed E-state index contributed by atoms with van der Waals surface area (Å²) >= 11 is 0. The first-order valence-corrected chi connectivity index (χ1v) is 7.21. The second kappa shape index (κ2) is 5.71. The van der Waals surface area contributed by atoms with E-state index < -0.39 is 0 Å². The molecule has 1 fully saturated rings. The van der Waals surface area contributed by atoms with Gasteiger partial charge in [0.05, 0.1) is 0 Å². The second-order valence-corrected chi connectivity index (χ2v) is 7.27. The lowest BCUT2D eigenvalue weighted by Crippen LogP contribution is -2.49. The van der Waals surface area contributed by atoms with Crippen molar-refractivity contribution in [1.82, 2.24) is 10.2 Å². The predicted octanol–water partition coefficient (Wildman–Crippen LogP) is 3.28. The largest absolute Gasteiger partial charge is 0.311 e. The first-order chi connectivity index (χ1) is 7.76. The minimum atomic E-state index is 0.228. The third kappa shape index (κ3) is 4.97.